The molecule has 0 aromatic heterocycles. The minimum Gasteiger partial charge on any atom is -0.870 e. The SMILES string of the molecule is CCCO.CCOC(C)=O.O.[NH4+].[OH-]. The molecule has 0 aliphatic heterocycles. The predicted octanol–water partition coefficient (Wildman–Crippen LogP) is 0.333. The van der Waals surface area contributed by atoms with Crippen LogP contribution in [0.5, 0.6) is 0 Å². The molecule has 0 atom stereocenters. The van der Waals surface area contributed by atoms with E-state index in [2.05, 4.69) is 4.74 Å². The fourth-order valence-corrected chi connectivity index (χ4v) is 0.203. The summed E-state index contributed by atoms with van der Waals surface area (Å²) in [6.07, 6.45) is 0.875. The van der Waals surface area contributed by atoms with Crippen molar-refractivity contribution in [1.82, 2.24) is 6.15 Å². The molecule has 6 nitrogen and oxygen atoms in total. The number of quaternary nitrogens is 1. The Morgan fingerprint density at radius 2 is 1.69 bits per heavy atom. The Bertz CT molecular complexity index is 77.3. The molecule has 0 radical (unpaired) electrons. The summed E-state index contributed by atoms with van der Waals surface area (Å²) in [6.45, 7) is 5.90. The third kappa shape index (κ3) is 89.5. The van der Waals surface area contributed by atoms with E-state index < -0.39 is 0 Å². The second-order valence-electron chi connectivity index (χ2n) is 1.65. The van der Waals surface area contributed by atoms with Crippen molar-refractivity contribution < 1.29 is 25.6 Å². The van der Waals surface area contributed by atoms with Crippen LogP contribution in [-0.2, 0) is 9.53 Å². The van der Waals surface area contributed by atoms with Crippen LogP contribution in [0.25, 0.3) is 0 Å². The van der Waals surface area contributed by atoms with E-state index in [-0.39, 0.29) is 23.1 Å². The Labute approximate surface area is 79.1 Å². The van der Waals surface area contributed by atoms with Crippen LogP contribution in [0.15, 0.2) is 0 Å². The largest absolute Gasteiger partial charge is 0.870 e. The quantitative estimate of drug-likeness (QED) is 0.620. The molecule has 6 heteroatoms. The van der Waals surface area contributed by atoms with Gasteiger partial charge in [0.25, 0.3) is 0 Å². The van der Waals surface area contributed by atoms with E-state index in [1.165, 1.54) is 6.92 Å². The molecule has 86 valence electrons. The van der Waals surface area contributed by atoms with Gasteiger partial charge in [-0.3, -0.25) is 4.79 Å². The monoisotopic (exact) mass is 201 g/mol. The van der Waals surface area contributed by atoms with Crippen molar-refractivity contribution in [3.63, 3.8) is 0 Å². The van der Waals surface area contributed by atoms with Crippen LogP contribution in [0, 0.1) is 0 Å². The molecule has 0 saturated heterocycles. The molecule has 0 fully saturated rings. The Balaban J connectivity index is -0.0000000279. The smallest absolute Gasteiger partial charge is 0.302 e. The fraction of sp³-hybridized carbons (Fsp3) is 0.857. The molecule has 13 heavy (non-hydrogen) atoms. The number of carbonyl (C=O) groups excluding carboxylic acids is 1. The van der Waals surface area contributed by atoms with Gasteiger partial charge in [-0.1, -0.05) is 6.92 Å². The number of aliphatic hydroxyl groups is 1. The first-order valence-corrected chi connectivity index (χ1v) is 3.43. The molecule has 0 aliphatic carbocycles. The zero-order valence-electron chi connectivity index (χ0n) is 8.83. The van der Waals surface area contributed by atoms with Crippen LogP contribution < -0.4 is 6.15 Å². The van der Waals surface area contributed by atoms with Crippen molar-refractivity contribution in [3.05, 3.63) is 0 Å². The van der Waals surface area contributed by atoms with E-state index in [9.17, 15) is 4.79 Å². The van der Waals surface area contributed by atoms with Crippen molar-refractivity contribution in [2.75, 3.05) is 13.2 Å². The number of hydrogen-bond acceptors (Lipinski definition) is 4. The fourth-order valence-electron chi connectivity index (χ4n) is 0.203. The topological polar surface area (TPSA) is 145 Å². The van der Waals surface area contributed by atoms with Gasteiger partial charge in [-0.25, -0.2) is 0 Å². The molecule has 0 bridgehead atoms. The van der Waals surface area contributed by atoms with E-state index in [4.69, 9.17) is 5.11 Å². The second kappa shape index (κ2) is 30.2. The van der Waals surface area contributed by atoms with E-state index in [1.54, 1.807) is 6.92 Å². The predicted molar refractivity (Wildman–Crippen MR) is 51.2 cm³/mol. The standard InChI is InChI=1S/C4H8O2.C3H8O.H3N.2H2O/c1-3-6-4(2)5;1-2-3-4;;;/h3H2,1-2H3;4H,2-3H2,1H3;1H3;2*1H2. The molecule has 0 spiro atoms. The van der Waals surface area contributed by atoms with Crippen molar-refractivity contribution in [2.45, 2.75) is 27.2 Å². The van der Waals surface area contributed by atoms with Crippen molar-refractivity contribution in [1.29, 1.82) is 0 Å². The highest BCUT2D eigenvalue weighted by Crippen LogP contribution is 1.69. The molecule has 0 unspecified atom stereocenters. The van der Waals surface area contributed by atoms with Crippen molar-refractivity contribution in [3.8, 4) is 0 Å². The van der Waals surface area contributed by atoms with Gasteiger partial charge in [0, 0.05) is 13.5 Å². The molecule has 0 heterocycles. The maximum Gasteiger partial charge on any atom is 0.302 e. The zero-order chi connectivity index (χ0) is 8.41. The third-order valence-electron chi connectivity index (χ3n) is 0.571. The maximum absolute atomic E-state index is 9.82. The van der Waals surface area contributed by atoms with Gasteiger partial charge in [0.2, 0.25) is 0 Å². The molecule has 0 rings (SSSR count). The highest BCUT2D eigenvalue weighted by molar-refractivity contribution is 5.65. The van der Waals surface area contributed by atoms with Crippen molar-refractivity contribution >= 4 is 5.97 Å². The number of carbonyl (C=O) groups is 1. The van der Waals surface area contributed by atoms with Gasteiger partial charge >= 0.3 is 5.97 Å². The molecule has 8 N–H and O–H groups in total. The summed E-state index contributed by atoms with van der Waals surface area (Å²) in [5, 5.41) is 7.88. The summed E-state index contributed by atoms with van der Waals surface area (Å²) in [7, 11) is 0. The van der Waals surface area contributed by atoms with Crippen LogP contribution in [-0.4, -0.2) is 35.2 Å². The average molecular weight is 201 g/mol. The Kier molecular flexibility index (Phi) is 68.4. The lowest BCUT2D eigenvalue weighted by molar-refractivity contribution is -0.140. The highest BCUT2D eigenvalue weighted by atomic mass is 16.5. The zero-order valence-corrected chi connectivity index (χ0v) is 8.83. The number of esters is 1. The van der Waals surface area contributed by atoms with Crippen LogP contribution >= 0.6 is 0 Å². The number of hydrogen-bond donors (Lipinski definition) is 2. The molecule has 0 saturated carbocycles. The lowest BCUT2D eigenvalue weighted by Gasteiger charge is -1.89. The summed E-state index contributed by atoms with van der Waals surface area (Å²) in [5.74, 6) is -0.211. The first-order valence-electron chi connectivity index (χ1n) is 3.43. The minimum absolute atomic E-state index is 0. The Morgan fingerprint density at radius 1 is 1.38 bits per heavy atom. The summed E-state index contributed by atoms with van der Waals surface area (Å²) in [6, 6.07) is 0. The van der Waals surface area contributed by atoms with E-state index in [0.29, 0.717) is 13.2 Å². The number of rotatable bonds is 2. The third-order valence-corrected chi connectivity index (χ3v) is 0.571. The second-order valence-corrected chi connectivity index (χ2v) is 1.65. The van der Waals surface area contributed by atoms with Crippen LogP contribution in [0.4, 0.5) is 0 Å². The molecular weight excluding hydrogens is 178 g/mol. The Hall–Kier alpha value is -0.690. The van der Waals surface area contributed by atoms with Crippen LogP contribution in [0.3, 0.4) is 0 Å². The van der Waals surface area contributed by atoms with E-state index in [0.717, 1.165) is 6.42 Å². The lowest BCUT2D eigenvalue weighted by atomic mass is 10.5. The van der Waals surface area contributed by atoms with Gasteiger partial charge in [-0.2, -0.15) is 0 Å². The van der Waals surface area contributed by atoms with Crippen LogP contribution in [0.2, 0.25) is 0 Å². The lowest BCUT2D eigenvalue weighted by Crippen LogP contribution is -1.95. The van der Waals surface area contributed by atoms with Gasteiger partial charge in [-0.15, -0.1) is 0 Å². The molecule has 0 aliphatic rings. The number of ether oxygens (including phenoxy) is 1. The average Bonchev–Trinajstić information content (AvgIpc) is 1.89. The van der Waals surface area contributed by atoms with E-state index >= 15 is 0 Å². The normalized spacial score (nSPS) is 5.85. The molecule has 0 aromatic rings. The number of aliphatic hydroxyl groups excluding tert-OH is 1. The van der Waals surface area contributed by atoms with Gasteiger partial charge < -0.3 is 26.9 Å². The summed E-state index contributed by atoms with van der Waals surface area (Å²) >= 11 is 0. The van der Waals surface area contributed by atoms with Gasteiger partial charge in [-0.05, 0) is 13.3 Å². The maximum atomic E-state index is 9.82. The van der Waals surface area contributed by atoms with Gasteiger partial charge in [0.15, 0.2) is 0 Å². The molecule has 0 amide bonds. The Morgan fingerprint density at radius 3 is 1.69 bits per heavy atom. The summed E-state index contributed by atoms with van der Waals surface area (Å²) < 4.78 is 4.40. The molecule has 0 aromatic carbocycles. The first kappa shape index (κ1) is 29.5. The van der Waals surface area contributed by atoms with E-state index in [1.807, 2.05) is 6.92 Å². The highest BCUT2D eigenvalue weighted by Gasteiger charge is 1.81. The summed E-state index contributed by atoms with van der Waals surface area (Å²) in [4.78, 5) is 9.82. The van der Waals surface area contributed by atoms with Crippen molar-refractivity contribution in [2.24, 2.45) is 0 Å². The minimum atomic E-state index is -0.211. The van der Waals surface area contributed by atoms with Gasteiger partial charge in [0.05, 0.1) is 6.61 Å². The van der Waals surface area contributed by atoms with Gasteiger partial charge in [0.1, 0.15) is 0 Å². The molecular formula is C7H23NO5. The van der Waals surface area contributed by atoms with Crippen LogP contribution in [0.1, 0.15) is 27.2 Å². The first-order chi connectivity index (χ1) is 4.68. The summed E-state index contributed by atoms with van der Waals surface area (Å²) in [5.41, 5.74) is 0.